The van der Waals surface area contributed by atoms with Gasteiger partial charge >= 0.3 is 0 Å². The minimum Gasteiger partial charge on any atom is -0.491 e. The number of halogens is 1. The smallest absolute Gasteiger partial charge is 0.259 e. The zero-order chi connectivity index (χ0) is 22.6. The van der Waals surface area contributed by atoms with Crippen LogP contribution in [0.4, 0.5) is 5.13 Å². The average molecular weight is 484 g/mol. The molecule has 2 N–H and O–H groups in total. The van der Waals surface area contributed by atoms with E-state index in [9.17, 15) is 4.79 Å². The summed E-state index contributed by atoms with van der Waals surface area (Å²) in [7, 11) is 0. The summed E-state index contributed by atoms with van der Waals surface area (Å²) in [6.45, 7) is 4.68. The van der Waals surface area contributed by atoms with Crippen LogP contribution in [0.3, 0.4) is 0 Å². The molecule has 5 rings (SSSR count). The van der Waals surface area contributed by atoms with E-state index in [-0.39, 0.29) is 5.91 Å². The number of benzene rings is 2. The number of anilines is 1. The first-order valence-corrected chi connectivity index (χ1v) is 11.9. The van der Waals surface area contributed by atoms with Gasteiger partial charge in [0.05, 0.1) is 29.9 Å². The average Bonchev–Trinajstić information content (AvgIpc) is 3.50. The molecule has 0 atom stereocenters. The van der Waals surface area contributed by atoms with Crippen molar-refractivity contribution in [3.05, 3.63) is 58.6 Å². The highest BCUT2D eigenvalue weighted by molar-refractivity contribution is 7.13. The Morgan fingerprint density at radius 2 is 2.15 bits per heavy atom. The van der Waals surface area contributed by atoms with Crippen LogP contribution in [0.25, 0.3) is 22.4 Å². The molecule has 3 heterocycles. The molecule has 0 aliphatic carbocycles. The van der Waals surface area contributed by atoms with Gasteiger partial charge in [0.25, 0.3) is 5.91 Å². The fourth-order valence-corrected chi connectivity index (χ4v) is 4.41. The van der Waals surface area contributed by atoms with E-state index in [4.69, 9.17) is 26.1 Å². The number of H-pyrrole nitrogens is 1. The third kappa shape index (κ3) is 5.01. The Bertz CT molecular complexity index is 1250. The van der Waals surface area contributed by atoms with Crippen molar-refractivity contribution in [3.8, 4) is 17.1 Å². The first-order chi connectivity index (χ1) is 16.2. The predicted octanol–water partition coefficient (Wildman–Crippen LogP) is 4.30. The third-order valence-electron chi connectivity index (χ3n) is 5.38. The largest absolute Gasteiger partial charge is 0.491 e. The molecule has 33 heavy (non-hydrogen) atoms. The lowest BCUT2D eigenvalue weighted by Crippen LogP contribution is -2.38. The summed E-state index contributed by atoms with van der Waals surface area (Å²) >= 11 is 7.66. The summed E-state index contributed by atoms with van der Waals surface area (Å²) in [6.07, 6.45) is 1.65. The number of aromatic amines is 1. The number of aromatic nitrogens is 3. The fourth-order valence-electron chi connectivity index (χ4n) is 3.72. The number of hydrogen-bond acceptors (Lipinski definition) is 7. The van der Waals surface area contributed by atoms with E-state index in [1.807, 2.05) is 29.6 Å². The quantitative estimate of drug-likeness (QED) is 0.407. The number of nitrogens with zero attached hydrogens (tertiary/aromatic N) is 3. The number of ether oxygens (including phenoxy) is 2. The van der Waals surface area contributed by atoms with Crippen molar-refractivity contribution in [2.45, 2.75) is 0 Å². The summed E-state index contributed by atoms with van der Waals surface area (Å²) in [5.74, 6) is 1.01. The van der Waals surface area contributed by atoms with E-state index in [0.717, 1.165) is 43.9 Å². The predicted molar refractivity (Wildman–Crippen MR) is 129 cm³/mol. The fraction of sp³-hybridized carbons (Fsp3) is 0.261. The highest BCUT2D eigenvalue weighted by atomic mass is 35.5. The van der Waals surface area contributed by atoms with E-state index in [1.165, 1.54) is 11.3 Å². The summed E-state index contributed by atoms with van der Waals surface area (Å²) in [5, 5.41) is 5.74. The monoisotopic (exact) mass is 483 g/mol. The Kier molecular flexibility index (Phi) is 6.54. The molecular weight excluding hydrogens is 462 g/mol. The maximum absolute atomic E-state index is 12.8. The minimum absolute atomic E-state index is 0.262. The van der Waals surface area contributed by atoms with Gasteiger partial charge in [-0.05, 0) is 30.3 Å². The van der Waals surface area contributed by atoms with Crippen LogP contribution >= 0.6 is 22.9 Å². The molecule has 1 amide bonds. The second-order valence-corrected chi connectivity index (χ2v) is 8.85. The number of carbonyl (C=O) groups is 1. The molecule has 0 bridgehead atoms. The van der Waals surface area contributed by atoms with Gasteiger partial charge in [-0.3, -0.25) is 15.0 Å². The van der Waals surface area contributed by atoms with Crippen LogP contribution in [0.5, 0.6) is 5.75 Å². The maximum atomic E-state index is 12.8. The van der Waals surface area contributed by atoms with Crippen LogP contribution < -0.4 is 10.1 Å². The van der Waals surface area contributed by atoms with Crippen LogP contribution in [0.1, 0.15) is 10.4 Å². The minimum atomic E-state index is -0.262. The number of nitrogens with one attached hydrogen (secondary N) is 2. The van der Waals surface area contributed by atoms with Crippen LogP contribution in [-0.2, 0) is 4.74 Å². The number of para-hydroxylation sites is 1. The number of carbonyl (C=O) groups excluding carboxylic acids is 1. The Morgan fingerprint density at radius 1 is 1.27 bits per heavy atom. The van der Waals surface area contributed by atoms with Gasteiger partial charge in [0, 0.05) is 36.2 Å². The Hall–Kier alpha value is -2.98. The van der Waals surface area contributed by atoms with Crippen molar-refractivity contribution < 1.29 is 14.3 Å². The number of amides is 1. The molecular formula is C23H22ClN5O3S. The van der Waals surface area contributed by atoms with Crippen LogP contribution in [0.15, 0.2) is 48.0 Å². The first-order valence-electron chi connectivity index (χ1n) is 10.6. The lowest BCUT2D eigenvalue weighted by atomic mass is 10.1. The molecule has 0 unspecified atom stereocenters. The van der Waals surface area contributed by atoms with E-state index in [0.29, 0.717) is 39.4 Å². The Balaban J connectivity index is 1.40. The molecule has 2 aromatic heterocycles. The summed E-state index contributed by atoms with van der Waals surface area (Å²) in [5.41, 5.74) is 2.52. The molecule has 1 aliphatic heterocycles. The van der Waals surface area contributed by atoms with Crippen molar-refractivity contribution in [1.29, 1.82) is 0 Å². The normalized spacial score (nSPS) is 14.5. The first kappa shape index (κ1) is 21.8. The van der Waals surface area contributed by atoms with Gasteiger partial charge < -0.3 is 14.5 Å². The summed E-state index contributed by atoms with van der Waals surface area (Å²) in [6, 6.07) is 10.9. The molecule has 0 radical (unpaired) electrons. The van der Waals surface area contributed by atoms with Gasteiger partial charge in [-0.1, -0.05) is 17.7 Å². The number of imidazole rings is 1. The second kappa shape index (κ2) is 9.88. The van der Waals surface area contributed by atoms with Gasteiger partial charge in [0.1, 0.15) is 23.7 Å². The van der Waals surface area contributed by atoms with Crippen molar-refractivity contribution in [2.24, 2.45) is 0 Å². The van der Waals surface area contributed by atoms with Crippen LogP contribution in [0, 0.1) is 0 Å². The zero-order valence-corrected chi connectivity index (χ0v) is 19.3. The molecule has 0 spiro atoms. The summed E-state index contributed by atoms with van der Waals surface area (Å²) < 4.78 is 11.5. The molecule has 2 aromatic carbocycles. The standard InChI is InChI=1S/C23H22ClN5O3S/c24-15-4-5-19(32-12-9-29-7-10-31-11-8-29)17(14-15)21-26-18-3-1-2-16(20(18)27-21)22(30)28-23-25-6-13-33-23/h1-6,13-14H,7-12H2,(H,26,27)(H,25,28,30). The number of thiazole rings is 1. The topological polar surface area (TPSA) is 92.4 Å². The highest BCUT2D eigenvalue weighted by Crippen LogP contribution is 2.33. The van der Waals surface area contributed by atoms with E-state index < -0.39 is 0 Å². The third-order valence-corrected chi connectivity index (χ3v) is 6.30. The van der Waals surface area contributed by atoms with Gasteiger partial charge in [-0.2, -0.15) is 0 Å². The Morgan fingerprint density at radius 3 is 2.97 bits per heavy atom. The number of hydrogen-bond donors (Lipinski definition) is 2. The van der Waals surface area contributed by atoms with Crippen molar-refractivity contribution >= 4 is 45.0 Å². The van der Waals surface area contributed by atoms with Gasteiger partial charge in [0.15, 0.2) is 5.13 Å². The highest BCUT2D eigenvalue weighted by Gasteiger charge is 2.18. The number of rotatable bonds is 7. The number of fused-ring (bicyclic) bond motifs is 1. The van der Waals surface area contributed by atoms with E-state index in [1.54, 1.807) is 18.3 Å². The molecule has 4 aromatic rings. The molecule has 10 heteroatoms. The molecule has 0 saturated carbocycles. The maximum Gasteiger partial charge on any atom is 0.259 e. The molecule has 8 nitrogen and oxygen atoms in total. The SMILES string of the molecule is O=C(Nc1nccs1)c1cccc2[nH]c(-c3cc(Cl)ccc3OCCN3CCOCC3)nc12. The van der Waals surface area contributed by atoms with Crippen LogP contribution in [0.2, 0.25) is 5.02 Å². The number of morpholine rings is 1. The second-order valence-electron chi connectivity index (χ2n) is 7.52. The zero-order valence-electron chi connectivity index (χ0n) is 17.7. The summed E-state index contributed by atoms with van der Waals surface area (Å²) in [4.78, 5) is 27.3. The van der Waals surface area contributed by atoms with Gasteiger partial charge in [-0.25, -0.2) is 9.97 Å². The Labute approximate surface area is 199 Å². The molecule has 1 aliphatic rings. The lowest BCUT2D eigenvalue weighted by molar-refractivity contribution is 0.0323. The van der Waals surface area contributed by atoms with Crippen molar-refractivity contribution in [1.82, 2.24) is 19.9 Å². The van der Waals surface area contributed by atoms with Gasteiger partial charge in [0.2, 0.25) is 0 Å². The lowest BCUT2D eigenvalue weighted by Gasteiger charge is -2.26. The molecule has 1 fully saturated rings. The van der Waals surface area contributed by atoms with Crippen molar-refractivity contribution in [2.75, 3.05) is 44.8 Å². The van der Waals surface area contributed by atoms with Gasteiger partial charge in [-0.15, -0.1) is 11.3 Å². The van der Waals surface area contributed by atoms with E-state index >= 15 is 0 Å². The molecule has 1 saturated heterocycles. The van der Waals surface area contributed by atoms with Crippen LogP contribution in [-0.4, -0.2) is 65.2 Å². The van der Waals surface area contributed by atoms with Crippen molar-refractivity contribution in [3.63, 3.8) is 0 Å². The van der Waals surface area contributed by atoms with E-state index in [2.05, 4.69) is 20.2 Å². The molecule has 170 valence electrons.